The first-order valence-electron chi connectivity index (χ1n) is 7.59. The Morgan fingerprint density at radius 3 is 2.61 bits per heavy atom. The number of nitrogens with one attached hydrogen (secondary N) is 1. The average Bonchev–Trinajstić information content (AvgIpc) is 2.51. The van der Waals surface area contributed by atoms with E-state index in [4.69, 9.17) is 4.74 Å². The summed E-state index contributed by atoms with van der Waals surface area (Å²) in [5, 5.41) is 2.86. The van der Waals surface area contributed by atoms with Crippen molar-refractivity contribution < 1.29 is 14.3 Å². The summed E-state index contributed by atoms with van der Waals surface area (Å²) in [5.41, 5.74) is 3.12. The number of carbonyl (C=O) groups is 2. The van der Waals surface area contributed by atoms with E-state index in [9.17, 15) is 9.59 Å². The van der Waals surface area contributed by atoms with Crippen LogP contribution in [0.5, 0.6) is 0 Å². The van der Waals surface area contributed by atoms with Crippen LogP contribution >= 0.6 is 0 Å². The minimum Gasteiger partial charge on any atom is -0.445 e. The molecule has 118 valence electrons. The highest BCUT2D eigenvalue weighted by Crippen LogP contribution is 2.29. The SMILES string of the molecule is Cc1ccc(NC(=O)[C@]2(C)Cc3ccccc3C(=O)O2)cc1C. The van der Waals surface area contributed by atoms with Gasteiger partial charge >= 0.3 is 5.97 Å². The molecule has 1 aliphatic rings. The van der Waals surface area contributed by atoms with Gasteiger partial charge in [-0.25, -0.2) is 4.79 Å². The van der Waals surface area contributed by atoms with Crippen LogP contribution in [0, 0.1) is 13.8 Å². The normalized spacial score (nSPS) is 19.7. The van der Waals surface area contributed by atoms with Crippen molar-refractivity contribution in [1.29, 1.82) is 0 Å². The van der Waals surface area contributed by atoms with Crippen molar-refractivity contribution in [1.82, 2.24) is 0 Å². The molecule has 0 bridgehead atoms. The molecule has 1 N–H and O–H groups in total. The van der Waals surface area contributed by atoms with Gasteiger partial charge in [0.25, 0.3) is 5.91 Å². The maximum absolute atomic E-state index is 12.7. The molecule has 0 radical (unpaired) electrons. The van der Waals surface area contributed by atoms with Gasteiger partial charge < -0.3 is 10.1 Å². The van der Waals surface area contributed by atoms with Crippen LogP contribution in [0.1, 0.15) is 34.0 Å². The summed E-state index contributed by atoms with van der Waals surface area (Å²) >= 11 is 0. The van der Waals surface area contributed by atoms with Crippen LogP contribution in [0.4, 0.5) is 5.69 Å². The number of esters is 1. The number of fused-ring (bicyclic) bond motifs is 1. The maximum Gasteiger partial charge on any atom is 0.339 e. The third kappa shape index (κ3) is 2.84. The lowest BCUT2D eigenvalue weighted by atomic mass is 9.89. The van der Waals surface area contributed by atoms with Gasteiger partial charge in [0.2, 0.25) is 0 Å². The fourth-order valence-corrected chi connectivity index (χ4v) is 2.74. The molecular weight excluding hydrogens is 290 g/mol. The zero-order chi connectivity index (χ0) is 16.6. The first kappa shape index (κ1) is 15.3. The minimum atomic E-state index is -1.20. The van der Waals surface area contributed by atoms with Gasteiger partial charge in [0.15, 0.2) is 5.60 Å². The van der Waals surface area contributed by atoms with E-state index in [0.29, 0.717) is 17.7 Å². The summed E-state index contributed by atoms with van der Waals surface area (Å²) in [4.78, 5) is 24.8. The van der Waals surface area contributed by atoms with Crippen molar-refractivity contribution in [3.8, 4) is 0 Å². The van der Waals surface area contributed by atoms with Gasteiger partial charge in [-0.1, -0.05) is 24.3 Å². The highest BCUT2D eigenvalue weighted by Gasteiger charge is 2.42. The van der Waals surface area contributed by atoms with E-state index in [1.165, 1.54) is 0 Å². The number of amides is 1. The Labute approximate surface area is 135 Å². The monoisotopic (exact) mass is 309 g/mol. The molecular formula is C19H19NO3. The van der Waals surface area contributed by atoms with Crippen LogP contribution in [0.2, 0.25) is 0 Å². The molecule has 1 atom stereocenters. The van der Waals surface area contributed by atoms with Gasteiger partial charge in [-0.2, -0.15) is 0 Å². The number of hydrogen-bond acceptors (Lipinski definition) is 3. The quantitative estimate of drug-likeness (QED) is 0.865. The summed E-state index contributed by atoms with van der Waals surface area (Å²) in [5.74, 6) is -0.770. The van der Waals surface area contributed by atoms with Crippen molar-refractivity contribution in [3.63, 3.8) is 0 Å². The number of rotatable bonds is 2. The first-order chi connectivity index (χ1) is 10.9. The highest BCUT2D eigenvalue weighted by atomic mass is 16.6. The molecule has 0 spiro atoms. The van der Waals surface area contributed by atoms with E-state index in [0.717, 1.165) is 16.7 Å². The van der Waals surface area contributed by atoms with E-state index in [1.54, 1.807) is 19.1 Å². The van der Waals surface area contributed by atoms with Crippen LogP contribution in [-0.4, -0.2) is 17.5 Å². The van der Waals surface area contributed by atoms with E-state index in [1.807, 2.05) is 44.2 Å². The molecule has 0 unspecified atom stereocenters. The average molecular weight is 309 g/mol. The van der Waals surface area contributed by atoms with Gasteiger partial charge in [0, 0.05) is 12.1 Å². The Kier molecular flexibility index (Phi) is 3.68. The van der Waals surface area contributed by atoms with Gasteiger partial charge in [0.05, 0.1) is 5.56 Å². The summed E-state index contributed by atoms with van der Waals surface area (Å²) < 4.78 is 5.44. The molecule has 2 aromatic carbocycles. The van der Waals surface area contributed by atoms with Crippen molar-refractivity contribution in [2.75, 3.05) is 5.32 Å². The molecule has 23 heavy (non-hydrogen) atoms. The van der Waals surface area contributed by atoms with Crippen LogP contribution in [0.3, 0.4) is 0 Å². The largest absolute Gasteiger partial charge is 0.445 e. The number of carbonyl (C=O) groups excluding carboxylic acids is 2. The third-order valence-corrected chi connectivity index (χ3v) is 4.33. The van der Waals surface area contributed by atoms with E-state index in [2.05, 4.69) is 5.32 Å². The lowest BCUT2D eigenvalue weighted by molar-refractivity contribution is -0.134. The Bertz CT molecular complexity index is 797. The van der Waals surface area contributed by atoms with Gasteiger partial charge in [-0.15, -0.1) is 0 Å². The number of hydrogen-bond donors (Lipinski definition) is 1. The van der Waals surface area contributed by atoms with Crippen molar-refractivity contribution in [2.45, 2.75) is 32.8 Å². The fourth-order valence-electron chi connectivity index (χ4n) is 2.74. The van der Waals surface area contributed by atoms with Crippen molar-refractivity contribution >= 4 is 17.6 Å². The maximum atomic E-state index is 12.7. The first-order valence-corrected chi connectivity index (χ1v) is 7.59. The van der Waals surface area contributed by atoms with Crippen LogP contribution in [0.25, 0.3) is 0 Å². The summed E-state index contributed by atoms with van der Waals surface area (Å²) in [6.07, 6.45) is 0.367. The highest BCUT2D eigenvalue weighted by molar-refractivity contribution is 6.02. The molecule has 0 fully saturated rings. The topological polar surface area (TPSA) is 55.4 Å². The number of ether oxygens (including phenoxy) is 1. The molecule has 1 heterocycles. The summed E-state index contributed by atoms with van der Waals surface area (Å²) in [7, 11) is 0. The molecule has 0 saturated carbocycles. The minimum absolute atomic E-state index is 0.316. The molecule has 4 nitrogen and oxygen atoms in total. The Hall–Kier alpha value is -2.62. The molecule has 3 rings (SSSR count). The fraction of sp³-hybridized carbons (Fsp3) is 0.263. The Balaban J connectivity index is 1.84. The van der Waals surface area contributed by atoms with Gasteiger partial charge in [0.1, 0.15) is 0 Å². The zero-order valence-electron chi connectivity index (χ0n) is 13.5. The zero-order valence-corrected chi connectivity index (χ0v) is 13.5. The number of aryl methyl sites for hydroxylation is 2. The molecule has 4 heteroatoms. The second kappa shape index (κ2) is 5.54. The van der Waals surface area contributed by atoms with E-state index >= 15 is 0 Å². The molecule has 0 aliphatic carbocycles. The smallest absolute Gasteiger partial charge is 0.339 e. The number of anilines is 1. The standard InChI is InChI=1S/C19H19NO3/c1-12-8-9-15(10-13(12)2)20-18(22)19(3)11-14-6-4-5-7-16(14)17(21)23-19/h4-10H,11H2,1-3H3,(H,20,22)/t19-/m0/s1. The molecule has 0 aromatic heterocycles. The second-order valence-corrected chi connectivity index (χ2v) is 6.21. The molecule has 0 saturated heterocycles. The van der Waals surface area contributed by atoms with Gasteiger partial charge in [-0.3, -0.25) is 4.79 Å². The molecule has 2 aromatic rings. The van der Waals surface area contributed by atoms with E-state index < -0.39 is 11.6 Å². The Morgan fingerprint density at radius 1 is 1.13 bits per heavy atom. The predicted molar refractivity (Wildman–Crippen MR) is 88.5 cm³/mol. The molecule has 1 amide bonds. The summed E-state index contributed by atoms with van der Waals surface area (Å²) in [6.45, 7) is 5.66. The van der Waals surface area contributed by atoms with Crippen LogP contribution in [-0.2, 0) is 16.0 Å². The molecule has 1 aliphatic heterocycles. The van der Waals surface area contributed by atoms with Crippen LogP contribution in [0.15, 0.2) is 42.5 Å². The second-order valence-electron chi connectivity index (χ2n) is 6.21. The van der Waals surface area contributed by atoms with Gasteiger partial charge in [-0.05, 0) is 55.7 Å². The number of benzene rings is 2. The van der Waals surface area contributed by atoms with Crippen molar-refractivity contribution in [2.24, 2.45) is 0 Å². The number of cyclic esters (lactones) is 1. The lowest BCUT2D eigenvalue weighted by Crippen LogP contribution is -2.48. The van der Waals surface area contributed by atoms with Crippen LogP contribution < -0.4 is 5.32 Å². The van der Waals surface area contributed by atoms with Crippen molar-refractivity contribution in [3.05, 3.63) is 64.7 Å². The predicted octanol–water partition coefficient (Wildman–Crippen LogP) is 3.41. The lowest BCUT2D eigenvalue weighted by Gasteiger charge is -2.33. The van der Waals surface area contributed by atoms with E-state index in [-0.39, 0.29) is 5.91 Å². The summed E-state index contributed by atoms with van der Waals surface area (Å²) in [6, 6.07) is 12.9. The third-order valence-electron chi connectivity index (χ3n) is 4.33. The Morgan fingerprint density at radius 2 is 1.87 bits per heavy atom.